The molecule has 0 aliphatic rings. The number of aromatic nitrogens is 2. The Morgan fingerprint density at radius 3 is 2.76 bits per heavy atom. The van der Waals surface area contributed by atoms with Crippen LogP contribution in [0.3, 0.4) is 0 Å². The van der Waals surface area contributed by atoms with Crippen LogP contribution in [0.25, 0.3) is 11.3 Å². The predicted molar refractivity (Wildman–Crippen MR) is 65.7 cm³/mol. The largest absolute Gasteiger partial charge is 0.496 e. The van der Waals surface area contributed by atoms with Crippen LogP contribution in [0, 0.1) is 0 Å². The molecule has 2 aromatic rings. The van der Waals surface area contributed by atoms with E-state index in [1.165, 1.54) is 0 Å². The van der Waals surface area contributed by atoms with E-state index in [-0.39, 0.29) is 0 Å². The Morgan fingerprint density at radius 1 is 1.35 bits per heavy atom. The van der Waals surface area contributed by atoms with Gasteiger partial charge in [0.05, 0.1) is 19.4 Å². The van der Waals surface area contributed by atoms with Gasteiger partial charge in [-0.3, -0.25) is 5.10 Å². The van der Waals surface area contributed by atoms with Crippen molar-refractivity contribution in [2.45, 2.75) is 6.61 Å². The summed E-state index contributed by atoms with van der Waals surface area (Å²) in [6, 6.07) is 7.63. The standard InChI is InChI=1S/C12H15N3O2/c1-16-7-8-4-3-5-9(12(8)17-2)10-6-11(13)15-14-10/h3-6H,7H2,1-2H3,(H3,13,14,15). The second-order valence-electron chi connectivity index (χ2n) is 3.64. The van der Waals surface area contributed by atoms with Gasteiger partial charge in [0, 0.05) is 24.3 Å². The molecule has 1 heterocycles. The van der Waals surface area contributed by atoms with Gasteiger partial charge in [-0.05, 0) is 6.07 Å². The smallest absolute Gasteiger partial charge is 0.145 e. The van der Waals surface area contributed by atoms with E-state index in [4.69, 9.17) is 15.2 Å². The highest BCUT2D eigenvalue weighted by Crippen LogP contribution is 2.32. The minimum absolute atomic E-state index is 0.458. The van der Waals surface area contributed by atoms with Crippen LogP contribution in [0.1, 0.15) is 5.56 Å². The fourth-order valence-electron chi connectivity index (χ4n) is 1.78. The molecule has 5 heteroatoms. The van der Waals surface area contributed by atoms with Crippen LogP contribution in [0.5, 0.6) is 5.75 Å². The first kappa shape index (κ1) is 11.5. The van der Waals surface area contributed by atoms with E-state index in [1.807, 2.05) is 18.2 Å². The molecule has 90 valence electrons. The number of nitrogen functional groups attached to an aromatic ring is 1. The second-order valence-corrected chi connectivity index (χ2v) is 3.64. The number of nitrogens with two attached hydrogens (primary N) is 1. The first-order chi connectivity index (χ1) is 8.26. The van der Waals surface area contributed by atoms with Crippen molar-refractivity contribution < 1.29 is 9.47 Å². The van der Waals surface area contributed by atoms with Gasteiger partial charge in [-0.25, -0.2) is 0 Å². The molecule has 1 aromatic heterocycles. The van der Waals surface area contributed by atoms with Crippen molar-refractivity contribution in [1.82, 2.24) is 10.2 Å². The van der Waals surface area contributed by atoms with Gasteiger partial charge in [-0.15, -0.1) is 0 Å². The summed E-state index contributed by atoms with van der Waals surface area (Å²) in [6.07, 6.45) is 0. The van der Waals surface area contributed by atoms with Gasteiger partial charge in [-0.2, -0.15) is 5.10 Å². The number of nitrogens with zero attached hydrogens (tertiary/aromatic N) is 1. The number of aromatic amines is 1. The minimum atomic E-state index is 0.458. The lowest BCUT2D eigenvalue weighted by Gasteiger charge is -2.11. The topological polar surface area (TPSA) is 73.2 Å². The maximum atomic E-state index is 5.60. The Hall–Kier alpha value is -2.01. The van der Waals surface area contributed by atoms with Crippen molar-refractivity contribution in [3.8, 4) is 17.0 Å². The summed E-state index contributed by atoms with van der Waals surface area (Å²) in [5.41, 5.74) is 8.34. The molecule has 0 saturated heterocycles. The number of hydrogen-bond acceptors (Lipinski definition) is 4. The number of methoxy groups -OCH3 is 2. The highest BCUT2D eigenvalue weighted by Gasteiger charge is 2.12. The highest BCUT2D eigenvalue weighted by molar-refractivity contribution is 5.70. The maximum absolute atomic E-state index is 5.60. The summed E-state index contributed by atoms with van der Waals surface area (Å²) >= 11 is 0. The third-order valence-electron chi connectivity index (χ3n) is 2.49. The molecule has 0 spiro atoms. The Kier molecular flexibility index (Phi) is 3.30. The zero-order chi connectivity index (χ0) is 12.3. The number of benzene rings is 1. The summed E-state index contributed by atoms with van der Waals surface area (Å²) < 4.78 is 10.6. The van der Waals surface area contributed by atoms with E-state index in [0.29, 0.717) is 12.4 Å². The molecular weight excluding hydrogens is 218 g/mol. The molecule has 0 radical (unpaired) electrons. The number of nitrogens with one attached hydrogen (secondary N) is 1. The SMILES string of the molecule is COCc1cccc(-c2cc(N)n[nH]2)c1OC. The molecule has 2 rings (SSSR count). The number of rotatable bonds is 4. The van der Waals surface area contributed by atoms with Crippen molar-refractivity contribution in [3.63, 3.8) is 0 Å². The van der Waals surface area contributed by atoms with E-state index in [9.17, 15) is 0 Å². The molecule has 0 saturated carbocycles. The first-order valence-corrected chi connectivity index (χ1v) is 5.22. The molecule has 0 aliphatic carbocycles. The molecule has 0 fully saturated rings. The lowest BCUT2D eigenvalue weighted by atomic mass is 10.1. The van der Waals surface area contributed by atoms with Gasteiger partial charge in [0.25, 0.3) is 0 Å². The molecular formula is C12H15N3O2. The van der Waals surface area contributed by atoms with Crippen molar-refractivity contribution >= 4 is 5.82 Å². The maximum Gasteiger partial charge on any atom is 0.145 e. The minimum Gasteiger partial charge on any atom is -0.496 e. The monoisotopic (exact) mass is 233 g/mol. The molecule has 0 amide bonds. The zero-order valence-electron chi connectivity index (χ0n) is 9.86. The number of ether oxygens (including phenoxy) is 2. The van der Waals surface area contributed by atoms with E-state index in [2.05, 4.69) is 10.2 Å². The number of H-pyrrole nitrogens is 1. The molecule has 0 bridgehead atoms. The first-order valence-electron chi connectivity index (χ1n) is 5.22. The summed E-state index contributed by atoms with van der Waals surface area (Å²) in [6.45, 7) is 0.501. The lowest BCUT2D eigenvalue weighted by Crippen LogP contribution is -1.96. The molecule has 1 aromatic carbocycles. The summed E-state index contributed by atoms with van der Waals surface area (Å²) in [7, 11) is 3.29. The fraction of sp³-hybridized carbons (Fsp3) is 0.250. The van der Waals surface area contributed by atoms with Crippen molar-refractivity contribution in [2.24, 2.45) is 0 Å². The van der Waals surface area contributed by atoms with Gasteiger partial charge in [0.15, 0.2) is 0 Å². The van der Waals surface area contributed by atoms with Gasteiger partial charge in [0.2, 0.25) is 0 Å². The van der Waals surface area contributed by atoms with Gasteiger partial charge >= 0.3 is 0 Å². The Bertz CT molecular complexity index is 508. The number of para-hydroxylation sites is 1. The lowest BCUT2D eigenvalue weighted by molar-refractivity contribution is 0.181. The average molecular weight is 233 g/mol. The highest BCUT2D eigenvalue weighted by atomic mass is 16.5. The second kappa shape index (κ2) is 4.88. The Morgan fingerprint density at radius 2 is 2.18 bits per heavy atom. The summed E-state index contributed by atoms with van der Waals surface area (Å²) in [5, 5.41) is 6.78. The zero-order valence-corrected chi connectivity index (χ0v) is 9.86. The van der Waals surface area contributed by atoms with Gasteiger partial charge in [0.1, 0.15) is 11.6 Å². The number of anilines is 1. The predicted octanol–water partition coefficient (Wildman–Crippen LogP) is 1.81. The van der Waals surface area contributed by atoms with Gasteiger partial charge < -0.3 is 15.2 Å². The van der Waals surface area contributed by atoms with E-state index in [0.717, 1.165) is 22.6 Å². The van der Waals surface area contributed by atoms with Gasteiger partial charge in [-0.1, -0.05) is 12.1 Å². The third-order valence-corrected chi connectivity index (χ3v) is 2.49. The molecule has 0 atom stereocenters. The average Bonchev–Trinajstić information content (AvgIpc) is 2.76. The van der Waals surface area contributed by atoms with Crippen LogP contribution in [0.2, 0.25) is 0 Å². The molecule has 0 unspecified atom stereocenters. The molecule has 5 nitrogen and oxygen atoms in total. The van der Waals surface area contributed by atoms with Crippen LogP contribution in [-0.4, -0.2) is 24.4 Å². The van der Waals surface area contributed by atoms with Crippen LogP contribution < -0.4 is 10.5 Å². The van der Waals surface area contributed by atoms with Crippen molar-refractivity contribution in [3.05, 3.63) is 29.8 Å². The van der Waals surface area contributed by atoms with Crippen molar-refractivity contribution in [1.29, 1.82) is 0 Å². The van der Waals surface area contributed by atoms with Crippen LogP contribution in [-0.2, 0) is 11.3 Å². The Balaban J connectivity index is 2.49. The quantitative estimate of drug-likeness (QED) is 0.844. The van der Waals surface area contributed by atoms with Crippen LogP contribution >= 0.6 is 0 Å². The molecule has 0 aliphatic heterocycles. The van der Waals surface area contributed by atoms with E-state index in [1.54, 1.807) is 20.3 Å². The molecule has 17 heavy (non-hydrogen) atoms. The molecule has 3 N–H and O–H groups in total. The van der Waals surface area contributed by atoms with E-state index >= 15 is 0 Å². The van der Waals surface area contributed by atoms with Crippen LogP contribution in [0.4, 0.5) is 5.82 Å². The normalized spacial score (nSPS) is 10.5. The fourth-order valence-corrected chi connectivity index (χ4v) is 1.78. The van der Waals surface area contributed by atoms with E-state index < -0.39 is 0 Å². The summed E-state index contributed by atoms with van der Waals surface area (Å²) in [4.78, 5) is 0. The Labute approximate surface area is 99.5 Å². The number of hydrogen-bond donors (Lipinski definition) is 2. The van der Waals surface area contributed by atoms with Crippen molar-refractivity contribution in [2.75, 3.05) is 20.0 Å². The third kappa shape index (κ3) is 2.24. The van der Waals surface area contributed by atoms with Crippen LogP contribution in [0.15, 0.2) is 24.3 Å². The summed E-state index contributed by atoms with van der Waals surface area (Å²) in [5.74, 6) is 1.23.